The van der Waals surface area contributed by atoms with Crippen LogP contribution >= 0.6 is 0 Å². The van der Waals surface area contributed by atoms with Crippen LogP contribution in [0.1, 0.15) is 52.5 Å². The van der Waals surface area contributed by atoms with Crippen molar-refractivity contribution in [2.75, 3.05) is 13.2 Å². The van der Waals surface area contributed by atoms with Gasteiger partial charge in [-0.15, -0.1) is 0 Å². The van der Waals surface area contributed by atoms with Gasteiger partial charge in [0.05, 0.1) is 25.0 Å². The molecular weight excluding hydrogens is 348 g/mol. The molecular formula is C21H28O6. The lowest BCUT2D eigenvalue weighted by Gasteiger charge is -2.24. The number of carbonyl (C=O) groups is 3. The lowest BCUT2D eigenvalue weighted by Crippen LogP contribution is -2.34. The molecule has 0 heterocycles. The van der Waals surface area contributed by atoms with Gasteiger partial charge in [0.1, 0.15) is 5.75 Å². The maximum Gasteiger partial charge on any atom is 0.330 e. The van der Waals surface area contributed by atoms with E-state index >= 15 is 0 Å². The molecule has 0 aliphatic rings. The van der Waals surface area contributed by atoms with Crippen molar-refractivity contribution in [3.05, 3.63) is 35.9 Å². The summed E-state index contributed by atoms with van der Waals surface area (Å²) >= 11 is 0. The summed E-state index contributed by atoms with van der Waals surface area (Å²) in [6, 6.07) is 6.71. The van der Waals surface area contributed by atoms with Gasteiger partial charge in [0.2, 0.25) is 0 Å². The van der Waals surface area contributed by atoms with Gasteiger partial charge in [0.25, 0.3) is 0 Å². The van der Waals surface area contributed by atoms with Gasteiger partial charge in [0, 0.05) is 6.08 Å². The first-order valence-electron chi connectivity index (χ1n) is 9.17. The highest BCUT2D eigenvalue weighted by Gasteiger charge is 2.36. The lowest BCUT2D eigenvalue weighted by molar-refractivity contribution is -0.155. The normalized spacial score (nSPS) is 13.0. The Morgan fingerprint density at radius 2 is 1.70 bits per heavy atom. The van der Waals surface area contributed by atoms with Crippen LogP contribution < -0.4 is 4.74 Å². The molecule has 27 heavy (non-hydrogen) atoms. The van der Waals surface area contributed by atoms with E-state index in [0.29, 0.717) is 25.4 Å². The SMILES string of the molecule is CCCOC(=O)CC(C)(CC)C(=O)Oc1ccc(/C=C/C(=O)OCC)cc1. The van der Waals surface area contributed by atoms with Crippen LogP contribution in [0.25, 0.3) is 6.08 Å². The summed E-state index contributed by atoms with van der Waals surface area (Å²) in [7, 11) is 0. The van der Waals surface area contributed by atoms with Crippen LogP contribution in [0.15, 0.2) is 30.3 Å². The molecule has 0 radical (unpaired) electrons. The van der Waals surface area contributed by atoms with Gasteiger partial charge in [-0.1, -0.05) is 26.0 Å². The number of rotatable bonds is 10. The third kappa shape index (κ3) is 7.64. The molecule has 0 N–H and O–H groups in total. The summed E-state index contributed by atoms with van der Waals surface area (Å²) in [4.78, 5) is 35.7. The molecule has 6 nitrogen and oxygen atoms in total. The molecule has 0 saturated heterocycles. The van der Waals surface area contributed by atoms with E-state index < -0.39 is 23.3 Å². The van der Waals surface area contributed by atoms with Gasteiger partial charge in [-0.05, 0) is 50.5 Å². The van der Waals surface area contributed by atoms with Crippen LogP contribution in [0.3, 0.4) is 0 Å². The second kappa shape index (κ2) is 11.2. The molecule has 0 spiro atoms. The molecule has 0 aromatic heterocycles. The summed E-state index contributed by atoms with van der Waals surface area (Å²) in [5.74, 6) is -0.928. The highest BCUT2D eigenvalue weighted by molar-refractivity contribution is 5.87. The molecule has 1 rings (SSSR count). The van der Waals surface area contributed by atoms with E-state index in [0.717, 1.165) is 12.0 Å². The van der Waals surface area contributed by atoms with Crippen LogP contribution in [-0.2, 0) is 23.9 Å². The Balaban J connectivity index is 2.71. The monoisotopic (exact) mass is 376 g/mol. The first-order valence-corrected chi connectivity index (χ1v) is 9.17. The minimum atomic E-state index is -0.951. The van der Waals surface area contributed by atoms with Crippen LogP contribution in [0.5, 0.6) is 5.75 Å². The molecule has 1 aromatic rings. The zero-order valence-electron chi connectivity index (χ0n) is 16.4. The standard InChI is InChI=1S/C21H28O6/c1-5-14-26-19(23)15-21(4,6-2)20(24)27-17-11-8-16(9-12-17)10-13-18(22)25-7-3/h8-13H,5-7,14-15H2,1-4H3/b13-10+. The smallest absolute Gasteiger partial charge is 0.330 e. The molecule has 0 saturated carbocycles. The van der Waals surface area contributed by atoms with Gasteiger partial charge < -0.3 is 14.2 Å². The summed E-state index contributed by atoms with van der Waals surface area (Å²) < 4.78 is 15.3. The first-order chi connectivity index (χ1) is 12.8. The molecule has 0 fully saturated rings. The van der Waals surface area contributed by atoms with Gasteiger partial charge in [-0.25, -0.2) is 4.79 Å². The molecule has 6 heteroatoms. The van der Waals surface area contributed by atoms with E-state index in [1.807, 2.05) is 13.8 Å². The van der Waals surface area contributed by atoms with E-state index in [9.17, 15) is 14.4 Å². The first kappa shape index (κ1) is 22.4. The summed E-state index contributed by atoms with van der Waals surface area (Å²) in [6.45, 7) is 7.83. The second-order valence-electron chi connectivity index (χ2n) is 6.36. The Hall–Kier alpha value is -2.63. The Morgan fingerprint density at radius 1 is 1.04 bits per heavy atom. The average molecular weight is 376 g/mol. The van der Waals surface area contributed by atoms with Crippen molar-refractivity contribution in [1.82, 2.24) is 0 Å². The zero-order valence-corrected chi connectivity index (χ0v) is 16.4. The van der Waals surface area contributed by atoms with E-state index in [2.05, 4.69) is 0 Å². The van der Waals surface area contributed by atoms with Crippen LogP contribution in [-0.4, -0.2) is 31.1 Å². The number of hydrogen-bond acceptors (Lipinski definition) is 6. The zero-order chi connectivity index (χ0) is 20.3. The number of carbonyl (C=O) groups excluding carboxylic acids is 3. The van der Waals surface area contributed by atoms with Crippen molar-refractivity contribution < 1.29 is 28.6 Å². The number of hydrogen-bond donors (Lipinski definition) is 0. The molecule has 0 aliphatic carbocycles. The quantitative estimate of drug-likeness (QED) is 0.350. The Bertz CT molecular complexity index is 662. The predicted molar refractivity (Wildman–Crippen MR) is 102 cm³/mol. The van der Waals surface area contributed by atoms with Crippen LogP contribution in [0.4, 0.5) is 0 Å². The van der Waals surface area contributed by atoms with Crippen molar-refractivity contribution in [3.63, 3.8) is 0 Å². The maximum atomic E-state index is 12.5. The van der Waals surface area contributed by atoms with E-state index in [4.69, 9.17) is 14.2 Å². The molecule has 1 atom stereocenters. The number of benzene rings is 1. The van der Waals surface area contributed by atoms with Crippen LogP contribution in [0, 0.1) is 5.41 Å². The van der Waals surface area contributed by atoms with Gasteiger partial charge in [-0.2, -0.15) is 0 Å². The van der Waals surface area contributed by atoms with Crippen molar-refractivity contribution >= 4 is 24.0 Å². The molecule has 1 unspecified atom stereocenters. The van der Waals surface area contributed by atoms with Gasteiger partial charge >= 0.3 is 17.9 Å². The van der Waals surface area contributed by atoms with Crippen molar-refractivity contribution in [2.24, 2.45) is 5.41 Å². The molecule has 0 aliphatic heterocycles. The Kier molecular flexibility index (Phi) is 9.26. The molecule has 0 bridgehead atoms. The van der Waals surface area contributed by atoms with E-state index in [-0.39, 0.29) is 6.42 Å². The van der Waals surface area contributed by atoms with Crippen LogP contribution in [0.2, 0.25) is 0 Å². The molecule has 148 valence electrons. The summed E-state index contributed by atoms with van der Waals surface area (Å²) in [6.07, 6.45) is 4.11. The number of esters is 3. The second-order valence-corrected chi connectivity index (χ2v) is 6.36. The van der Waals surface area contributed by atoms with Gasteiger partial charge in [-0.3, -0.25) is 9.59 Å². The fourth-order valence-electron chi connectivity index (χ4n) is 2.16. The third-order valence-electron chi connectivity index (χ3n) is 4.06. The largest absolute Gasteiger partial charge is 0.466 e. The fourth-order valence-corrected chi connectivity index (χ4v) is 2.16. The van der Waals surface area contributed by atoms with Crippen molar-refractivity contribution in [1.29, 1.82) is 0 Å². The van der Waals surface area contributed by atoms with E-state index in [1.54, 1.807) is 44.2 Å². The average Bonchev–Trinajstić information content (AvgIpc) is 2.65. The Morgan fingerprint density at radius 3 is 2.26 bits per heavy atom. The Labute approximate surface area is 160 Å². The minimum absolute atomic E-state index is 0.0251. The third-order valence-corrected chi connectivity index (χ3v) is 4.06. The summed E-state index contributed by atoms with van der Waals surface area (Å²) in [5, 5.41) is 0. The highest BCUT2D eigenvalue weighted by Crippen LogP contribution is 2.29. The molecule has 0 amide bonds. The van der Waals surface area contributed by atoms with Crippen molar-refractivity contribution in [3.8, 4) is 5.75 Å². The summed E-state index contributed by atoms with van der Waals surface area (Å²) in [5.41, 5.74) is -0.183. The fraction of sp³-hybridized carbons (Fsp3) is 0.476. The number of ether oxygens (including phenoxy) is 3. The lowest BCUT2D eigenvalue weighted by atomic mass is 9.84. The van der Waals surface area contributed by atoms with Gasteiger partial charge in [0.15, 0.2) is 0 Å². The highest BCUT2D eigenvalue weighted by atomic mass is 16.5. The predicted octanol–water partition coefficient (Wildman–Crippen LogP) is 3.93. The van der Waals surface area contributed by atoms with E-state index in [1.165, 1.54) is 6.08 Å². The topological polar surface area (TPSA) is 78.9 Å². The maximum absolute atomic E-state index is 12.5. The molecule has 1 aromatic carbocycles. The minimum Gasteiger partial charge on any atom is -0.466 e. The van der Waals surface area contributed by atoms with Crippen molar-refractivity contribution in [2.45, 2.75) is 47.0 Å².